The summed E-state index contributed by atoms with van der Waals surface area (Å²) in [5, 5.41) is 0.570. The number of rotatable bonds is 2. The van der Waals surface area contributed by atoms with Crippen LogP contribution in [0.3, 0.4) is 0 Å². The van der Waals surface area contributed by atoms with Gasteiger partial charge in [0, 0.05) is 22.2 Å². The molecule has 0 atom stereocenters. The number of aromatic amines is 1. The average molecular weight is 375 g/mol. The highest BCUT2D eigenvalue weighted by atomic mass is 35.5. The summed E-state index contributed by atoms with van der Waals surface area (Å²) in [6.45, 7) is 1.97. The highest BCUT2D eigenvalue weighted by molar-refractivity contribution is 7.99. The largest absolute Gasteiger partial charge is 0.412 e. The summed E-state index contributed by atoms with van der Waals surface area (Å²) in [6.07, 6.45) is 3.45. The summed E-state index contributed by atoms with van der Waals surface area (Å²) in [5.74, 6) is 0.131. The molecule has 2 heterocycles. The number of hydrogen-bond acceptors (Lipinski definition) is 5. The van der Waals surface area contributed by atoms with Gasteiger partial charge < -0.3 is 11.2 Å². The Bertz CT molecular complexity index is 843. The second-order valence-corrected chi connectivity index (χ2v) is 5.43. The zero-order chi connectivity index (χ0) is 14.1. The Morgan fingerprint density at radius 1 is 1.13 bits per heavy atom. The van der Waals surface area contributed by atoms with Crippen LogP contribution in [0.1, 0.15) is 5.56 Å². The van der Waals surface area contributed by atoms with Gasteiger partial charge in [0.15, 0.2) is 0 Å². The minimum Gasteiger partial charge on any atom is -0.412 e. The number of nitrogens with two attached hydrogens (primary N) is 1. The Morgan fingerprint density at radius 3 is 2.43 bits per heavy atom. The van der Waals surface area contributed by atoms with E-state index in [1.54, 1.807) is 12.4 Å². The first kappa shape index (κ1) is 21.2. The molecule has 6 nitrogen and oxygen atoms in total. The van der Waals surface area contributed by atoms with Crippen LogP contribution in [0.15, 0.2) is 51.2 Å². The fourth-order valence-corrected chi connectivity index (χ4v) is 3.00. The molecule has 0 saturated carbocycles. The van der Waals surface area contributed by atoms with Crippen molar-refractivity contribution in [3.63, 3.8) is 0 Å². The van der Waals surface area contributed by atoms with Crippen molar-refractivity contribution >= 4 is 53.4 Å². The Kier molecular flexibility index (Phi) is 8.05. The fourth-order valence-electron chi connectivity index (χ4n) is 1.98. The van der Waals surface area contributed by atoms with Gasteiger partial charge >= 0.3 is 0 Å². The van der Waals surface area contributed by atoms with Gasteiger partial charge in [-0.25, -0.2) is 4.98 Å². The number of aromatic nitrogens is 3. The Balaban J connectivity index is 0.00000161. The van der Waals surface area contributed by atoms with Gasteiger partial charge in [-0.05, 0) is 30.7 Å². The van der Waals surface area contributed by atoms with Gasteiger partial charge in [-0.2, -0.15) is 0 Å². The number of hydrogen-bond donors (Lipinski definition) is 2. The molecule has 0 spiro atoms. The van der Waals surface area contributed by atoms with Crippen LogP contribution in [-0.2, 0) is 0 Å². The standard InChI is InChI=1S/C14H12N4OS.2ClH.H2O/c1-8-2-3-10-11(13(19)18-14(15)17-10)12(8)20-9-4-6-16-7-5-9;;;/h2-7H,1H3,(H3,15,17,18,19);2*1H;1H2. The molecule has 0 unspecified atom stereocenters. The van der Waals surface area contributed by atoms with Crippen molar-refractivity contribution in [2.75, 3.05) is 5.73 Å². The number of anilines is 1. The van der Waals surface area contributed by atoms with Crippen molar-refractivity contribution in [3.05, 3.63) is 52.6 Å². The van der Waals surface area contributed by atoms with Crippen molar-refractivity contribution in [2.45, 2.75) is 16.7 Å². The van der Waals surface area contributed by atoms with E-state index in [9.17, 15) is 4.79 Å². The van der Waals surface area contributed by atoms with E-state index < -0.39 is 0 Å². The van der Waals surface area contributed by atoms with E-state index in [0.29, 0.717) is 10.9 Å². The molecule has 0 fully saturated rings. The van der Waals surface area contributed by atoms with E-state index in [1.807, 2.05) is 31.2 Å². The van der Waals surface area contributed by atoms with Crippen LogP contribution in [0.5, 0.6) is 0 Å². The lowest BCUT2D eigenvalue weighted by atomic mass is 10.1. The van der Waals surface area contributed by atoms with Gasteiger partial charge in [0.25, 0.3) is 5.56 Å². The number of nitrogen functional groups attached to an aromatic ring is 1. The van der Waals surface area contributed by atoms with E-state index in [2.05, 4.69) is 15.0 Å². The SMILES string of the molecule is Cc1ccc2nc(N)[nH]c(=O)c2c1Sc1ccncc1.Cl.Cl.O. The predicted molar refractivity (Wildman–Crippen MR) is 98.0 cm³/mol. The molecule has 0 aliphatic rings. The molecule has 3 rings (SSSR count). The number of halogens is 2. The third kappa shape index (κ3) is 4.35. The summed E-state index contributed by atoms with van der Waals surface area (Å²) in [4.78, 5) is 24.8. The molecule has 1 aromatic carbocycles. The van der Waals surface area contributed by atoms with Gasteiger partial charge in [-0.3, -0.25) is 14.8 Å². The highest BCUT2D eigenvalue weighted by Gasteiger charge is 2.11. The first-order valence-electron chi connectivity index (χ1n) is 6.02. The Labute approximate surface area is 149 Å². The van der Waals surface area contributed by atoms with Crippen molar-refractivity contribution < 1.29 is 5.48 Å². The lowest BCUT2D eigenvalue weighted by molar-refractivity contribution is 0.824. The molecule has 3 aromatic rings. The van der Waals surface area contributed by atoms with E-state index in [4.69, 9.17) is 5.73 Å². The number of fused-ring (bicyclic) bond motifs is 1. The van der Waals surface area contributed by atoms with E-state index in [-0.39, 0.29) is 41.8 Å². The molecule has 0 amide bonds. The lowest BCUT2D eigenvalue weighted by Crippen LogP contribution is -2.12. The molecule has 5 N–H and O–H groups in total. The summed E-state index contributed by atoms with van der Waals surface area (Å²) < 4.78 is 0. The topological polar surface area (TPSA) is 116 Å². The molecule has 0 aliphatic carbocycles. The van der Waals surface area contributed by atoms with Crippen LogP contribution in [-0.4, -0.2) is 20.4 Å². The highest BCUT2D eigenvalue weighted by Crippen LogP contribution is 2.33. The van der Waals surface area contributed by atoms with Gasteiger partial charge in [-0.1, -0.05) is 17.8 Å². The second-order valence-electron chi connectivity index (χ2n) is 4.34. The third-order valence-electron chi connectivity index (χ3n) is 2.91. The van der Waals surface area contributed by atoms with Gasteiger partial charge in [0.2, 0.25) is 5.95 Å². The van der Waals surface area contributed by atoms with Gasteiger partial charge in [0.1, 0.15) is 0 Å². The van der Waals surface area contributed by atoms with Crippen molar-refractivity contribution in [1.82, 2.24) is 15.0 Å². The number of nitrogens with one attached hydrogen (secondary N) is 1. The maximum atomic E-state index is 12.2. The molecule has 9 heteroatoms. The second kappa shape index (κ2) is 8.73. The average Bonchev–Trinajstić information content (AvgIpc) is 2.43. The molecular formula is C14H16Cl2N4O2S. The smallest absolute Gasteiger partial charge is 0.261 e. The lowest BCUT2D eigenvalue weighted by Gasteiger charge is -2.09. The quantitative estimate of drug-likeness (QED) is 0.713. The first-order valence-corrected chi connectivity index (χ1v) is 6.84. The molecule has 0 bridgehead atoms. The molecule has 23 heavy (non-hydrogen) atoms. The monoisotopic (exact) mass is 374 g/mol. The Hall–Kier alpha value is -1.80. The maximum absolute atomic E-state index is 12.2. The number of H-pyrrole nitrogens is 1. The zero-order valence-corrected chi connectivity index (χ0v) is 14.5. The van der Waals surface area contributed by atoms with Crippen molar-refractivity contribution in [3.8, 4) is 0 Å². The molecule has 2 aromatic heterocycles. The van der Waals surface area contributed by atoms with Crippen LogP contribution in [0.4, 0.5) is 5.95 Å². The molecular weight excluding hydrogens is 359 g/mol. The summed E-state index contributed by atoms with van der Waals surface area (Å²) in [6, 6.07) is 7.56. The van der Waals surface area contributed by atoms with Crippen molar-refractivity contribution in [1.29, 1.82) is 0 Å². The molecule has 124 valence electrons. The van der Waals surface area contributed by atoms with Crippen LogP contribution in [0.2, 0.25) is 0 Å². The predicted octanol–water partition coefficient (Wildman–Crippen LogP) is 2.38. The minimum absolute atomic E-state index is 0. The summed E-state index contributed by atoms with van der Waals surface area (Å²) in [7, 11) is 0. The van der Waals surface area contributed by atoms with Crippen LogP contribution < -0.4 is 11.3 Å². The third-order valence-corrected chi connectivity index (χ3v) is 4.15. The number of benzene rings is 1. The molecule has 0 aliphatic heterocycles. The molecule has 0 saturated heterocycles. The molecule has 0 radical (unpaired) electrons. The van der Waals surface area contributed by atoms with E-state index in [0.717, 1.165) is 15.4 Å². The van der Waals surface area contributed by atoms with Crippen molar-refractivity contribution in [2.24, 2.45) is 0 Å². The zero-order valence-electron chi connectivity index (χ0n) is 12.1. The summed E-state index contributed by atoms with van der Waals surface area (Å²) in [5.41, 5.74) is 7.00. The van der Waals surface area contributed by atoms with E-state index in [1.165, 1.54) is 11.8 Å². The van der Waals surface area contributed by atoms with Gasteiger partial charge in [0.05, 0.1) is 10.9 Å². The minimum atomic E-state index is -0.215. The Morgan fingerprint density at radius 2 is 1.78 bits per heavy atom. The fraction of sp³-hybridized carbons (Fsp3) is 0.0714. The normalized spacial score (nSPS) is 9.43. The summed E-state index contributed by atoms with van der Waals surface area (Å²) >= 11 is 1.52. The van der Waals surface area contributed by atoms with Gasteiger partial charge in [-0.15, -0.1) is 24.8 Å². The number of nitrogens with zero attached hydrogens (tertiary/aromatic N) is 2. The number of aryl methyl sites for hydroxylation is 1. The number of pyridine rings is 1. The van der Waals surface area contributed by atoms with Crippen LogP contribution >= 0.6 is 36.6 Å². The van der Waals surface area contributed by atoms with Crippen LogP contribution in [0.25, 0.3) is 10.9 Å². The van der Waals surface area contributed by atoms with E-state index >= 15 is 0 Å². The first-order chi connectivity index (χ1) is 9.65. The van der Waals surface area contributed by atoms with Crippen LogP contribution in [0, 0.1) is 6.92 Å². The maximum Gasteiger partial charge on any atom is 0.261 e.